The number of fused-ring (bicyclic) bond motifs is 1. The van der Waals surface area contributed by atoms with Crippen LogP contribution in [0.25, 0.3) is 0 Å². The number of likely N-dealkylation sites (N-methyl/N-ethyl adjacent to an activating group) is 1. The van der Waals surface area contributed by atoms with Crippen molar-refractivity contribution in [1.82, 2.24) is 4.90 Å². The van der Waals surface area contributed by atoms with E-state index in [0.29, 0.717) is 10.9 Å². The number of hydrogen-bond acceptors (Lipinski definition) is 2. The van der Waals surface area contributed by atoms with Crippen molar-refractivity contribution in [3.05, 3.63) is 35.4 Å². The van der Waals surface area contributed by atoms with Crippen LogP contribution in [0.2, 0.25) is 0 Å². The van der Waals surface area contributed by atoms with Gasteiger partial charge < -0.3 is 0 Å². The van der Waals surface area contributed by atoms with Crippen LogP contribution in [-0.4, -0.2) is 29.1 Å². The fourth-order valence-electron chi connectivity index (χ4n) is 2.04. The van der Waals surface area contributed by atoms with E-state index in [9.17, 15) is 9.59 Å². The molecule has 0 N–H and O–H groups in total. The van der Waals surface area contributed by atoms with Crippen LogP contribution >= 0.6 is 15.9 Å². The minimum absolute atomic E-state index is 0.159. The molecule has 2 rings (SSSR count). The van der Waals surface area contributed by atoms with Gasteiger partial charge in [-0.2, -0.15) is 0 Å². The molecule has 4 heteroatoms. The van der Waals surface area contributed by atoms with Gasteiger partial charge in [-0.05, 0) is 18.6 Å². The Labute approximate surface area is 103 Å². The van der Waals surface area contributed by atoms with Gasteiger partial charge in [0.1, 0.15) is 0 Å². The Morgan fingerprint density at radius 3 is 2.56 bits per heavy atom. The average molecular weight is 282 g/mol. The van der Waals surface area contributed by atoms with E-state index in [1.807, 2.05) is 25.1 Å². The summed E-state index contributed by atoms with van der Waals surface area (Å²) in [6.07, 6.45) is 0. The first-order valence-electron chi connectivity index (χ1n) is 5.00. The van der Waals surface area contributed by atoms with Crippen LogP contribution in [-0.2, 0) is 10.2 Å². The fraction of sp³-hybridized carbons (Fsp3) is 0.333. The van der Waals surface area contributed by atoms with Gasteiger partial charge in [0.05, 0.1) is 5.41 Å². The van der Waals surface area contributed by atoms with E-state index in [1.54, 1.807) is 6.07 Å². The highest BCUT2D eigenvalue weighted by atomic mass is 79.9. The largest absolute Gasteiger partial charge is 0.281 e. The SMILES string of the molecule is CN1C(=O)c2ccccc2[C@](C)(CBr)C1=O. The number of nitrogens with zero attached hydrogens (tertiary/aromatic N) is 1. The van der Waals surface area contributed by atoms with Gasteiger partial charge in [-0.3, -0.25) is 14.5 Å². The van der Waals surface area contributed by atoms with E-state index in [4.69, 9.17) is 0 Å². The zero-order valence-corrected chi connectivity index (χ0v) is 10.7. The second kappa shape index (κ2) is 3.70. The molecule has 1 aliphatic heterocycles. The summed E-state index contributed by atoms with van der Waals surface area (Å²) in [4.78, 5) is 25.2. The van der Waals surface area contributed by atoms with Gasteiger partial charge in [-0.15, -0.1) is 0 Å². The zero-order chi connectivity index (χ0) is 11.9. The highest BCUT2D eigenvalue weighted by Crippen LogP contribution is 2.35. The minimum Gasteiger partial charge on any atom is -0.281 e. The second-order valence-corrected chi connectivity index (χ2v) is 4.74. The molecule has 2 amide bonds. The van der Waals surface area contributed by atoms with Crippen LogP contribution in [0.4, 0.5) is 0 Å². The first-order chi connectivity index (χ1) is 7.52. The lowest BCUT2D eigenvalue weighted by atomic mass is 9.77. The monoisotopic (exact) mass is 281 g/mol. The summed E-state index contributed by atoms with van der Waals surface area (Å²) in [6, 6.07) is 7.28. The summed E-state index contributed by atoms with van der Waals surface area (Å²) in [7, 11) is 1.53. The van der Waals surface area contributed by atoms with E-state index < -0.39 is 5.41 Å². The van der Waals surface area contributed by atoms with Crippen LogP contribution in [0.3, 0.4) is 0 Å². The first kappa shape index (κ1) is 11.3. The van der Waals surface area contributed by atoms with Crippen molar-refractivity contribution in [3.63, 3.8) is 0 Å². The Morgan fingerprint density at radius 2 is 1.94 bits per heavy atom. The molecular formula is C12H12BrNO2. The Balaban J connectivity index is 2.71. The zero-order valence-electron chi connectivity index (χ0n) is 9.16. The van der Waals surface area contributed by atoms with Gasteiger partial charge in [-0.25, -0.2) is 0 Å². The van der Waals surface area contributed by atoms with E-state index in [0.717, 1.165) is 5.56 Å². The van der Waals surface area contributed by atoms with Gasteiger partial charge in [0.25, 0.3) is 5.91 Å². The molecule has 0 unspecified atom stereocenters. The third-order valence-electron chi connectivity index (χ3n) is 3.10. The second-order valence-electron chi connectivity index (χ2n) is 4.18. The molecule has 0 radical (unpaired) electrons. The van der Waals surface area contributed by atoms with Crippen LogP contribution < -0.4 is 0 Å². The van der Waals surface area contributed by atoms with E-state index >= 15 is 0 Å². The maximum atomic E-state index is 12.1. The summed E-state index contributed by atoms with van der Waals surface area (Å²) >= 11 is 3.37. The molecule has 0 saturated carbocycles. The molecule has 0 bridgehead atoms. The van der Waals surface area contributed by atoms with Gasteiger partial charge in [0, 0.05) is 17.9 Å². The van der Waals surface area contributed by atoms with Gasteiger partial charge in [-0.1, -0.05) is 34.1 Å². The van der Waals surface area contributed by atoms with E-state index in [2.05, 4.69) is 15.9 Å². The molecule has 1 aromatic carbocycles. The van der Waals surface area contributed by atoms with E-state index in [-0.39, 0.29) is 11.8 Å². The highest BCUT2D eigenvalue weighted by Gasteiger charge is 2.45. The van der Waals surface area contributed by atoms with Crippen molar-refractivity contribution >= 4 is 27.7 Å². The quantitative estimate of drug-likeness (QED) is 0.583. The van der Waals surface area contributed by atoms with Crippen molar-refractivity contribution in [2.75, 3.05) is 12.4 Å². The number of halogens is 1. The van der Waals surface area contributed by atoms with Gasteiger partial charge in [0.15, 0.2) is 0 Å². The molecule has 1 heterocycles. The number of benzene rings is 1. The van der Waals surface area contributed by atoms with Crippen molar-refractivity contribution < 1.29 is 9.59 Å². The predicted octanol–water partition coefficient (Wildman–Crippen LogP) is 1.95. The molecule has 0 fully saturated rings. The third kappa shape index (κ3) is 1.33. The molecule has 0 spiro atoms. The number of carbonyl (C=O) groups is 2. The highest BCUT2D eigenvalue weighted by molar-refractivity contribution is 9.09. The number of imide groups is 1. The van der Waals surface area contributed by atoms with Crippen LogP contribution in [0.15, 0.2) is 24.3 Å². The molecule has 1 aromatic rings. The molecule has 0 aromatic heterocycles. The number of hydrogen-bond donors (Lipinski definition) is 0. The smallest absolute Gasteiger partial charge is 0.260 e. The summed E-state index contributed by atoms with van der Waals surface area (Å²) < 4.78 is 0. The molecule has 1 atom stereocenters. The Morgan fingerprint density at radius 1 is 1.31 bits per heavy atom. The molecule has 1 aliphatic rings. The maximum absolute atomic E-state index is 12.1. The standard InChI is InChI=1S/C12H12BrNO2/c1-12(7-13)9-6-4-3-5-8(9)10(15)14(2)11(12)16/h3-6H,7H2,1-2H3/t12-/m0/s1. The van der Waals surface area contributed by atoms with Crippen molar-refractivity contribution in [3.8, 4) is 0 Å². The first-order valence-corrected chi connectivity index (χ1v) is 6.12. The maximum Gasteiger partial charge on any atom is 0.260 e. The van der Waals surface area contributed by atoms with Gasteiger partial charge >= 0.3 is 0 Å². The molecule has 16 heavy (non-hydrogen) atoms. The predicted molar refractivity (Wildman–Crippen MR) is 64.7 cm³/mol. The normalized spacial score (nSPS) is 24.6. The lowest BCUT2D eigenvalue weighted by molar-refractivity contribution is -0.132. The third-order valence-corrected chi connectivity index (χ3v) is 4.22. The lowest BCUT2D eigenvalue weighted by Gasteiger charge is -2.36. The number of amides is 2. The Hall–Kier alpha value is -1.16. The minimum atomic E-state index is -0.654. The number of alkyl halides is 1. The summed E-state index contributed by atoms with van der Waals surface area (Å²) in [6.45, 7) is 1.85. The number of rotatable bonds is 1. The molecule has 0 saturated heterocycles. The van der Waals surface area contributed by atoms with Crippen molar-refractivity contribution in [1.29, 1.82) is 0 Å². The lowest BCUT2D eigenvalue weighted by Crippen LogP contribution is -2.52. The van der Waals surface area contributed by atoms with Crippen LogP contribution in [0, 0.1) is 0 Å². The summed E-state index contributed by atoms with van der Waals surface area (Å²) in [5.74, 6) is -0.382. The average Bonchev–Trinajstić information content (AvgIpc) is 2.33. The number of carbonyl (C=O) groups excluding carboxylic acids is 2. The van der Waals surface area contributed by atoms with Crippen LogP contribution in [0.5, 0.6) is 0 Å². The van der Waals surface area contributed by atoms with Crippen LogP contribution in [0.1, 0.15) is 22.8 Å². The van der Waals surface area contributed by atoms with Gasteiger partial charge in [0.2, 0.25) is 5.91 Å². The van der Waals surface area contributed by atoms with Crippen molar-refractivity contribution in [2.45, 2.75) is 12.3 Å². The molecule has 84 valence electrons. The van der Waals surface area contributed by atoms with E-state index in [1.165, 1.54) is 11.9 Å². The molecular weight excluding hydrogens is 270 g/mol. The fourth-order valence-corrected chi connectivity index (χ4v) is 2.58. The van der Waals surface area contributed by atoms with Crippen molar-refractivity contribution in [2.24, 2.45) is 0 Å². The summed E-state index contributed by atoms with van der Waals surface area (Å²) in [5.41, 5.74) is 0.769. The Kier molecular flexibility index (Phi) is 2.62. The summed E-state index contributed by atoms with van der Waals surface area (Å²) in [5, 5.41) is 0.507. The molecule has 0 aliphatic carbocycles. The Bertz CT molecular complexity index is 472. The topological polar surface area (TPSA) is 37.4 Å². The molecule has 3 nitrogen and oxygen atoms in total.